The van der Waals surface area contributed by atoms with E-state index in [1.165, 1.54) is 25.1 Å². The van der Waals surface area contributed by atoms with Crippen LogP contribution in [0.15, 0.2) is 48.7 Å². The number of amides is 1. The second-order valence-corrected chi connectivity index (χ2v) is 13.3. The number of imidazole rings is 1. The third kappa shape index (κ3) is 4.97. The van der Waals surface area contributed by atoms with Gasteiger partial charge in [-0.25, -0.2) is 19.3 Å². The van der Waals surface area contributed by atoms with Gasteiger partial charge in [0.05, 0.1) is 36.4 Å². The first-order chi connectivity index (χ1) is 22.3. The van der Waals surface area contributed by atoms with Crippen LogP contribution in [0.3, 0.4) is 0 Å². The summed E-state index contributed by atoms with van der Waals surface area (Å²) >= 11 is 0. The number of nitrogens with one attached hydrogen (secondary N) is 1. The molecule has 2 bridgehead atoms. The van der Waals surface area contributed by atoms with Gasteiger partial charge in [0.1, 0.15) is 28.6 Å². The van der Waals surface area contributed by atoms with Crippen LogP contribution in [-0.2, 0) is 6.54 Å². The summed E-state index contributed by atoms with van der Waals surface area (Å²) in [7, 11) is 1.64. The van der Waals surface area contributed by atoms with E-state index in [2.05, 4.69) is 27.0 Å². The van der Waals surface area contributed by atoms with Gasteiger partial charge in [0.25, 0.3) is 5.91 Å². The molecule has 0 unspecified atom stereocenters. The topological polar surface area (TPSA) is 116 Å². The zero-order chi connectivity index (χ0) is 31.7. The second-order valence-electron chi connectivity index (χ2n) is 13.3. The number of methoxy groups -OCH3 is 1. The number of nitrogens with zero attached hydrogens (tertiary/aromatic N) is 6. The summed E-state index contributed by atoms with van der Waals surface area (Å²) < 4.78 is 23.5. The molecule has 5 aromatic rings. The average molecular weight is 623 g/mol. The molecule has 0 radical (unpaired) electrons. The lowest BCUT2D eigenvalue weighted by Gasteiger charge is -2.48. The van der Waals surface area contributed by atoms with Gasteiger partial charge in [-0.3, -0.25) is 9.20 Å². The van der Waals surface area contributed by atoms with Crippen LogP contribution < -0.4 is 15.8 Å². The van der Waals surface area contributed by atoms with Gasteiger partial charge in [0.2, 0.25) is 0 Å². The van der Waals surface area contributed by atoms with Crippen molar-refractivity contribution in [3.05, 3.63) is 71.4 Å². The molecule has 10 nitrogen and oxygen atoms in total. The monoisotopic (exact) mass is 622 g/mol. The third-order valence-electron chi connectivity index (χ3n) is 10.2. The van der Waals surface area contributed by atoms with Crippen molar-refractivity contribution in [1.29, 1.82) is 0 Å². The Bertz CT molecular complexity index is 1960. The van der Waals surface area contributed by atoms with Gasteiger partial charge < -0.3 is 25.3 Å². The minimum Gasteiger partial charge on any atom is -0.482 e. The lowest BCUT2D eigenvalue weighted by atomic mass is 9.76. The lowest BCUT2D eigenvalue weighted by Crippen LogP contribution is -2.58. The first-order valence-corrected chi connectivity index (χ1v) is 16.3. The normalized spacial score (nSPS) is 21.7. The smallest absolute Gasteiger partial charge is 0.254 e. The number of halogens is 1. The van der Waals surface area contributed by atoms with Crippen LogP contribution >= 0.6 is 0 Å². The number of carbonyl (C=O) groups is 1. The van der Waals surface area contributed by atoms with E-state index < -0.39 is 0 Å². The number of aromatic nitrogens is 5. The SMILES string of the molecule is COc1cc(C(=O)N2C[C@H]3CC[C@H]2C[C@H]3N)cc2nc(-c3cc4ccc([C@@H](C)Nc5ccc(F)cn5)nc4n3CC3CC3)c(C)n12. The van der Waals surface area contributed by atoms with Crippen LogP contribution in [0.25, 0.3) is 28.1 Å². The largest absolute Gasteiger partial charge is 0.482 e. The molecule has 0 spiro atoms. The summed E-state index contributed by atoms with van der Waals surface area (Å²) in [5.41, 5.74) is 12.2. The minimum atomic E-state index is -0.370. The number of nitrogens with two attached hydrogens (primary N) is 1. The van der Waals surface area contributed by atoms with E-state index in [0.717, 1.165) is 59.6 Å². The molecule has 0 aromatic carbocycles. The maximum Gasteiger partial charge on any atom is 0.254 e. The summed E-state index contributed by atoms with van der Waals surface area (Å²) in [6, 6.07) is 13.3. The summed E-state index contributed by atoms with van der Waals surface area (Å²) in [6.45, 7) is 5.63. The van der Waals surface area contributed by atoms with Crippen molar-refractivity contribution >= 4 is 28.4 Å². The van der Waals surface area contributed by atoms with Crippen molar-refractivity contribution in [1.82, 2.24) is 28.8 Å². The molecule has 4 fully saturated rings. The fourth-order valence-electron chi connectivity index (χ4n) is 7.44. The number of hydrogen-bond donors (Lipinski definition) is 2. The van der Waals surface area contributed by atoms with Gasteiger partial charge >= 0.3 is 0 Å². The van der Waals surface area contributed by atoms with Crippen molar-refractivity contribution in [2.45, 2.75) is 70.6 Å². The van der Waals surface area contributed by atoms with E-state index in [1.54, 1.807) is 13.2 Å². The van der Waals surface area contributed by atoms with Gasteiger partial charge in [-0.05, 0) is 94.2 Å². The molecule has 11 heteroatoms. The highest BCUT2D eigenvalue weighted by Gasteiger charge is 2.41. The molecule has 1 amide bonds. The molecule has 2 saturated heterocycles. The van der Waals surface area contributed by atoms with E-state index >= 15 is 0 Å². The van der Waals surface area contributed by atoms with Gasteiger partial charge in [-0.15, -0.1) is 0 Å². The molecular formula is C35H39FN8O2. The van der Waals surface area contributed by atoms with E-state index in [1.807, 2.05) is 41.3 Å². The van der Waals surface area contributed by atoms with Crippen molar-refractivity contribution in [2.24, 2.45) is 17.6 Å². The van der Waals surface area contributed by atoms with Gasteiger partial charge in [0.15, 0.2) is 5.88 Å². The van der Waals surface area contributed by atoms with Crippen LogP contribution in [0.5, 0.6) is 5.88 Å². The molecule has 7 heterocycles. The molecule has 2 aliphatic carbocycles. The van der Waals surface area contributed by atoms with Crippen molar-refractivity contribution in [3.63, 3.8) is 0 Å². The van der Waals surface area contributed by atoms with Crippen LogP contribution in [0.4, 0.5) is 10.2 Å². The van der Waals surface area contributed by atoms with E-state index in [0.29, 0.717) is 41.3 Å². The van der Waals surface area contributed by atoms with E-state index in [9.17, 15) is 9.18 Å². The number of anilines is 1. The Labute approximate surface area is 266 Å². The summed E-state index contributed by atoms with van der Waals surface area (Å²) in [6.07, 6.45) is 6.56. The molecule has 5 aromatic heterocycles. The Balaban J connectivity index is 1.17. The second kappa shape index (κ2) is 11.1. The molecule has 4 aliphatic rings. The number of ether oxygens (including phenoxy) is 1. The molecule has 4 atom stereocenters. The molecule has 2 saturated carbocycles. The number of aryl methyl sites for hydroxylation is 1. The summed E-state index contributed by atoms with van der Waals surface area (Å²) in [4.78, 5) is 30.3. The lowest BCUT2D eigenvalue weighted by molar-refractivity contribution is 0.0261. The summed E-state index contributed by atoms with van der Waals surface area (Å²) in [5.74, 6) is 1.78. The Morgan fingerprint density at radius 3 is 2.67 bits per heavy atom. The zero-order valence-corrected chi connectivity index (χ0v) is 26.4. The fourth-order valence-corrected chi connectivity index (χ4v) is 7.44. The number of fused-ring (bicyclic) bond motifs is 5. The Hall–Kier alpha value is -4.51. The van der Waals surface area contributed by atoms with Crippen molar-refractivity contribution in [3.8, 4) is 17.3 Å². The predicted octanol–water partition coefficient (Wildman–Crippen LogP) is 5.74. The molecule has 9 rings (SSSR count). The highest BCUT2D eigenvalue weighted by atomic mass is 19.1. The standard InChI is InChI=1S/C35H39FN8O2/c1-19(39-30-11-8-25(36)16-38-30)28-10-7-22-12-29(43(34(22)40-28)17-21-4-5-21)33-20(2)44-31(41-33)13-24(14-32(44)46-3)35(45)42-18-23-6-9-26(42)15-27(23)37/h7-8,10-14,16,19,21,23,26-27H,4-6,9,15,17-18,37H2,1-3H3,(H,38,39)/t19-,23-,26+,27-/m1/s1. The predicted molar refractivity (Wildman–Crippen MR) is 174 cm³/mol. The third-order valence-corrected chi connectivity index (χ3v) is 10.2. The maximum absolute atomic E-state index is 13.8. The zero-order valence-electron chi connectivity index (χ0n) is 26.4. The van der Waals surface area contributed by atoms with Gasteiger partial charge in [-0.1, -0.05) is 0 Å². The van der Waals surface area contributed by atoms with Crippen LogP contribution in [0.1, 0.15) is 66.8 Å². The van der Waals surface area contributed by atoms with E-state index in [-0.39, 0.29) is 29.8 Å². The highest BCUT2D eigenvalue weighted by Crippen LogP contribution is 2.39. The number of piperidine rings is 2. The molecule has 2 aliphatic heterocycles. The molecule has 238 valence electrons. The van der Waals surface area contributed by atoms with Crippen LogP contribution in [-0.4, -0.2) is 60.5 Å². The van der Waals surface area contributed by atoms with Gasteiger partial charge in [-0.2, -0.15) is 0 Å². The Morgan fingerprint density at radius 1 is 1.13 bits per heavy atom. The highest BCUT2D eigenvalue weighted by molar-refractivity contribution is 5.96. The average Bonchev–Trinajstić information content (AvgIpc) is 3.74. The van der Waals surface area contributed by atoms with Crippen LogP contribution in [0.2, 0.25) is 0 Å². The number of rotatable bonds is 8. The number of pyridine rings is 3. The number of carbonyl (C=O) groups excluding carboxylic acids is 1. The number of hydrogen-bond acceptors (Lipinski definition) is 7. The molecular weight excluding hydrogens is 583 g/mol. The first-order valence-electron chi connectivity index (χ1n) is 16.3. The van der Waals surface area contributed by atoms with Crippen molar-refractivity contribution < 1.29 is 13.9 Å². The minimum absolute atomic E-state index is 0.0164. The Kier molecular flexibility index (Phi) is 6.97. The van der Waals surface area contributed by atoms with Crippen LogP contribution in [0, 0.1) is 24.6 Å². The fraction of sp³-hybridized carbons (Fsp3) is 0.429. The van der Waals surface area contributed by atoms with Crippen molar-refractivity contribution in [2.75, 3.05) is 19.0 Å². The Morgan fingerprint density at radius 2 is 1.98 bits per heavy atom. The maximum atomic E-state index is 13.8. The molecule has 3 N–H and O–H groups in total. The summed E-state index contributed by atoms with van der Waals surface area (Å²) in [5, 5.41) is 4.36. The van der Waals surface area contributed by atoms with Gasteiger partial charge in [0, 0.05) is 42.2 Å². The van der Waals surface area contributed by atoms with E-state index in [4.69, 9.17) is 20.4 Å². The first kappa shape index (κ1) is 28.9. The molecule has 46 heavy (non-hydrogen) atoms. The quantitative estimate of drug-likeness (QED) is 0.227.